The number of amides is 2. The lowest BCUT2D eigenvalue weighted by atomic mass is 9.97. The van der Waals surface area contributed by atoms with Crippen LogP contribution in [0.2, 0.25) is 0 Å². The van der Waals surface area contributed by atoms with Gasteiger partial charge in [0, 0.05) is 40.8 Å². The van der Waals surface area contributed by atoms with Crippen LogP contribution >= 0.6 is 11.8 Å². The number of carboxylic acids is 1. The number of ketones is 1. The van der Waals surface area contributed by atoms with Gasteiger partial charge in [-0.2, -0.15) is 11.8 Å². The summed E-state index contributed by atoms with van der Waals surface area (Å²) in [6.07, 6.45) is 2.55. The molecule has 0 radical (unpaired) electrons. The van der Waals surface area contributed by atoms with E-state index in [-0.39, 0.29) is 23.7 Å². The number of esters is 1. The number of carbonyl (C=O) groups excluding carboxylic acids is 3. The third-order valence-corrected chi connectivity index (χ3v) is 6.38. The monoisotopic (exact) mass is 495 g/mol. The molecule has 0 aliphatic rings. The molecule has 2 atom stereocenters. The van der Waals surface area contributed by atoms with Crippen LogP contribution < -0.4 is 10.6 Å². The average Bonchev–Trinajstić information content (AvgIpc) is 2.87. The van der Waals surface area contributed by atoms with Crippen LogP contribution in [0.4, 0.5) is 10.5 Å². The Morgan fingerprint density at radius 2 is 1.80 bits per heavy atom. The maximum absolute atomic E-state index is 12.7. The molecule has 35 heavy (non-hydrogen) atoms. The first-order chi connectivity index (χ1) is 16.9. The lowest BCUT2D eigenvalue weighted by molar-refractivity contribution is -0.142. The molecule has 0 saturated heterocycles. The van der Waals surface area contributed by atoms with Crippen molar-refractivity contribution in [1.29, 1.82) is 0 Å². The number of rotatable bonds is 11. The summed E-state index contributed by atoms with van der Waals surface area (Å²) >= 11 is 1.18. The third kappa shape index (κ3) is 7.28. The normalized spacial score (nSPS) is 12.4. The van der Waals surface area contributed by atoms with Gasteiger partial charge in [0.05, 0.1) is 19.2 Å². The summed E-state index contributed by atoms with van der Waals surface area (Å²) < 4.78 is 4.81. The molecule has 2 unspecified atom stereocenters. The first kappa shape index (κ1) is 25.7. The van der Waals surface area contributed by atoms with Gasteiger partial charge in [-0.15, -0.1) is 0 Å². The number of fused-ring (bicyclic) bond motifs is 1. The van der Waals surface area contributed by atoms with Gasteiger partial charge in [0.1, 0.15) is 6.04 Å². The quantitative estimate of drug-likeness (QED) is 0.271. The minimum Gasteiger partial charge on any atom is -0.481 e. The maximum Gasteiger partial charge on any atom is 0.329 e. The molecule has 0 aliphatic carbocycles. The fraction of sp³-hybridized carbons (Fsp3) is 0.240. The summed E-state index contributed by atoms with van der Waals surface area (Å²) in [7, 11) is 1.21. The van der Waals surface area contributed by atoms with Gasteiger partial charge in [0.15, 0.2) is 5.78 Å². The van der Waals surface area contributed by atoms with E-state index in [1.165, 1.54) is 31.3 Å². The molecule has 3 rings (SSSR count). The molecule has 0 aliphatic heterocycles. The first-order valence-corrected chi connectivity index (χ1v) is 11.9. The Hall–Kier alpha value is -3.92. The minimum atomic E-state index is -1.11. The van der Waals surface area contributed by atoms with Gasteiger partial charge < -0.3 is 20.5 Å². The Labute approximate surface area is 206 Å². The smallest absolute Gasteiger partial charge is 0.329 e. The molecule has 0 saturated carbocycles. The number of hydrogen-bond donors (Lipinski definition) is 3. The fourth-order valence-corrected chi connectivity index (χ4v) is 4.62. The molecule has 3 N–H and O–H groups in total. The number of urea groups is 1. The van der Waals surface area contributed by atoms with E-state index in [1.54, 1.807) is 18.2 Å². The molecule has 2 aromatic carbocycles. The number of aliphatic carboxylic acids is 1. The predicted molar refractivity (Wildman–Crippen MR) is 134 cm³/mol. The maximum atomic E-state index is 12.7. The number of anilines is 1. The number of carbonyl (C=O) groups is 4. The second kappa shape index (κ2) is 12.5. The van der Waals surface area contributed by atoms with Gasteiger partial charge in [-0.1, -0.05) is 36.4 Å². The van der Waals surface area contributed by atoms with E-state index in [1.807, 2.05) is 36.4 Å². The number of methoxy groups -OCH3 is 1. The number of benzene rings is 2. The van der Waals surface area contributed by atoms with Crippen LogP contribution in [-0.4, -0.2) is 58.5 Å². The van der Waals surface area contributed by atoms with E-state index in [2.05, 4.69) is 15.6 Å². The van der Waals surface area contributed by atoms with Gasteiger partial charge in [-0.25, -0.2) is 9.59 Å². The Morgan fingerprint density at radius 3 is 2.51 bits per heavy atom. The number of pyridine rings is 1. The Kier molecular flexibility index (Phi) is 9.19. The van der Waals surface area contributed by atoms with E-state index in [4.69, 9.17) is 4.74 Å². The third-order valence-electron chi connectivity index (χ3n) is 5.17. The summed E-state index contributed by atoms with van der Waals surface area (Å²) in [4.78, 5) is 52.9. The van der Waals surface area contributed by atoms with Gasteiger partial charge in [-0.3, -0.25) is 14.6 Å². The van der Waals surface area contributed by atoms with Crippen LogP contribution in [-0.2, 0) is 14.3 Å². The van der Waals surface area contributed by atoms with E-state index in [9.17, 15) is 24.3 Å². The van der Waals surface area contributed by atoms with Crippen molar-refractivity contribution in [3.63, 3.8) is 0 Å². The van der Waals surface area contributed by atoms with E-state index in [0.717, 1.165) is 10.8 Å². The van der Waals surface area contributed by atoms with E-state index >= 15 is 0 Å². The highest BCUT2D eigenvalue weighted by Crippen LogP contribution is 2.23. The van der Waals surface area contributed by atoms with Crippen molar-refractivity contribution in [2.24, 2.45) is 5.92 Å². The number of thioether (sulfide) groups is 1. The van der Waals surface area contributed by atoms with Gasteiger partial charge in [0.25, 0.3) is 0 Å². The average molecular weight is 496 g/mol. The van der Waals surface area contributed by atoms with Crippen molar-refractivity contribution < 1.29 is 29.0 Å². The largest absolute Gasteiger partial charge is 0.481 e. The number of hydrogen-bond acceptors (Lipinski definition) is 7. The van der Waals surface area contributed by atoms with Crippen molar-refractivity contribution in [1.82, 2.24) is 10.3 Å². The highest BCUT2D eigenvalue weighted by Gasteiger charge is 2.26. The number of nitrogens with zero attached hydrogens (tertiary/aromatic N) is 1. The summed E-state index contributed by atoms with van der Waals surface area (Å²) in [6.45, 7) is 0. The summed E-state index contributed by atoms with van der Waals surface area (Å²) in [5, 5.41) is 16.4. The van der Waals surface area contributed by atoms with Gasteiger partial charge in [-0.05, 0) is 23.6 Å². The zero-order chi connectivity index (χ0) is 25.2. The van der Waals surface area contributed by atoms with Crippen molar-refractivity contribution in [2.75, 3.05) is 23.9 Å². The molecule has 0 fully saturated rings. The highest BCUT2D eigenvalue weighted by atomic mass is 32.2. The zero-order valence-electron chi connectivity index (χ0n) is 19.0. The second-order valence-electron chi connectivity index (χ2n) is 7.64. The van der Waals surface area contributed by atoms with E-state index < -0.39 is 29.9 Å². The molecule has 3 aromatic rings. The standard InChI is InChI=1S/C25H25N3O6S/c1-34-24(32)21(28-25(33)27-20-10-4-7-16-6-2-3-9-19(16)20)15-35-14-18(12-22(29)30)23(31)17-8-5-11-26-13-17/h2-11,13,18,21H,12,14-15H2,1H3,(H,29,30)(H2,27,28,33). The fourth-order valence-electron chi connectivity index (χ4n) is 3.47. The van der Waals surface area contributed by atoms with Crippen LogP contribution in [0.1, 0.15) is 16.8 Å². The molecule has 9 nitrogen and oxygen atoms in total. The number of carboxylic acid groups (broad SMARTS) is 1. The Balaban J connectivity index is 1.63. The second-order valence-corrected chi connectivity index (χ2v) is 8.71. The van der Waals surface area contributed by atoms with Gasteiger partial charge >= 0.3 is 18.0 Å². The van der Waals surface area contributed by atoms with Crippen molar-refractivity contribution >= 4 is 52.0 Å². The van der Waals surface area contributed by atoms with Crippen LogP contribution in [0.3, 0.4) is 0 Å². The van der Waals surface area contributed by atoms with E-state index in [0.29, 0.717) is 11.3 Å². The van der Waals surface area contributed by atoms with Crippen LogP contribution in [0.5, 0.6) is 0 Å². The molecule has 1 aromatic heterocycles. The lowest BCUT2D eigenvalue weighted by Gasteiger charge is -2.19. The highest BCUT2D eigenvalue weighted by molar-refractivity contribution is 7.99. The minimum absolute atomic E-state index is 0.0894. The van der Waals surface area contributed by atoms with Crippen LogP contribution in [0.25, 0.3) is 10.8 Å². The van der Waals surface area contributed by atoms with Gasteiger partial charge in [0.2, 0.25) is 0 Å². The van der Waals surface area contributed by atoms with Crippen LogP contribution in [0.15, 0.2) is 67.0 Å². The molecule has 10 heteroatoms. The predicted octanol–water partition coefficient (Wildman–Crippen LogP) is 3.60. The first-order valence-electron chi connectivity index (χ1n) is 10.8. The Morgan fingerprint density at radius 1 is 1.03 bits per heavy atom. The number of Topliss-reactive ketones (excluding diaryl/α,β-unsaturated/α-hetero) is 1. The van der Waals surface area contributed by atoms with Crippen molar-refractivity contribution in [2.45, 2.75) is 12.5 Å². The number of aromatic nitrogens is 1. The van der Waals surface area contributed by atoms with Crippen LogP contribution in [0, 0.1) is 5.92 Å². The summed E-state index contributed by atoms with van der Waals surface area (Å²) in [6, 6.07) is 14.6. The lowest BCUT2D eigenvalue weighted by Crippen LogP contribution is -2.45. The molecule has 2 amide bonds. The molecule has 0 spiro atoms. The van der Waals surface area contributed by atoms with Crippen molar-refractivity contribution in [3.8, 4) is 0 Å². The summed E-state index contributed by atoms with van der Waals surface area (Å²) in [5.41, 5.74) is 0.900. The SMILES string of the molecule is COC(=O)C(CSCC(CC(=O)O)C(=O)c1cccnc1)NC(=O)Nc1cccc2ccccc12. The molecule has 182 valence electrons. The number of nitrogens with one attached hydrogen (secondary N) is 2. The zero-order valence-corrected chi connectivity index (χ0v) is 19.8. The topological polar surface area (TPSA) is 135 Å². The summed E-state index contributed by atoms with van der Waals surface area (Å²) in [5.74, 6) is -2.69. The Bertz CT molecular complexity index is 1200. The van der Waals surface area contributed by atoms with Crippen molar-refractivity contribution in [3.05, 3.63) is 72.6 Å². The molecular formula is C25H25N3O6S. The molecule has 1 heterocycles. The number of ether oxygens (including phenoxy) is 1. The molecular weight excluding hydrogens is 470 g/mol. The molecule has 0 bridgehead atoms.